The Morgan fingerprint density at radius 2 is 1.94 bits per heavy atom. The van der Waals surface area contributed by atoms with E-state index in [0.717, 1.165) is 6.54 Å². The minimum absolute atomic E-state index is 0.459. The van der Waals surface area contributed by atoms with Crippen LogP contribution in [0.15, 0.2) is 24.4 Å². The number of aryl methyl sites for hydroxylation is 1. The maximum atomic E-state index is 10.7. The molecule has 1 aliphatic rings. The number of hydrogen-bond acceptors (Lipinski definition) is 4. The van der Waals surface area contributed by atoms with Crippen molar-refractivity contribution in [2.24, 2.45) is 0 Å². The molecule has 0 N–H and O–H groups in total. The van der Waals surface area contributed by atoms with Crippen molar-refractivity contribution in [1.29, 1.82) is 0 Å². The normalized spacial score (nSPS) is 18.8. The van der Waals surface area contributed by atoms with Crippen molar-refractivity contribution in [3.8, 4) is 0 Å². The quantitative estimate of drug-likeness (QED) is 0.341. The second-order valence-corrected chi connectivity index (χ2v) is 5.52. The highest BCUT2D eigenvalue weighted by Gasteiger charge is 2.36. The summed E-state index contributed by atoms with van der Waals surface area (Å²) in [5.41, 5.74) is -4.29. The summed E-state index contributed by atoms with van der Waals surface area (Å²) in [7, 11) is -6.09. The highest BCUT2D eigenvalue weighted by atomic mass is 32.2. The number of alkyl halides is 3. The molecule has 0 saturated carbocycles. The van der Waals surface area contributed by atoms with E-state index in [9.17, 15) is 13.2 Å². The summed E-state index contributed by atoms with van der Waals surface area (Å²) in [6.07, 6.45) is 3.29. The van der Waals surface area contributed by atoms with Gasteiger partial charge in [0.05, 0.1) is 5.25 Å². The Kier molecular flexibility index (Phi) is 4.62. The second kappa shape index (κ2) is 5.45. The zero-order valence-corrected chi connectivity index (χ0v) is 10.7. The van der Waals surface area contributed by atoms with E-state index in [2.05, 4.69) is 41.6 Å². The molecule has 0 fully saturated rings. The second-order valence-electron chi connectivity index (χ2n) is 3.52. The van der Waals surface area contributed by atoms with Crippen LogP contribution in [0.3, 0.4) is 0 Å². The lowest BCUT2D eigenvalue weighted by Gasteiger charge is -2.08. The van der Waals surface area contributed by atoms with E-state index in [-0.39, 0.29) is 0 Å². The Bertz CT molecular complexity index is 516. The largest absolute Gasteiger partial charge is 0.741 e. The first kappa shape index (κ1) is 15.3. The van der Waals surface area contributed by atoms with Crippen LogP contribution in [-0.2, 0) is 16.7 Å². The molecule has 1 aromatic rings. The Morgan fingerprint density at radius 1 is 1.39 bits per heavy atom. The molecule has 2 rings (SSSR count). The third kappa shape index (κ3) is 3.85. The van der Waals surface area contributed by atoms with Crippen LogP contribution in [0.2, 0.25) is 0 Å². The van der Waals surface area contributed by atoms with E-state index in [1.54, 1.807) is 0 Å². The first-order chi connectivity index (χ1) is 8.13. The summed E-state index contributed by atoms with van der Waals surface area (Å²) in [4.78, 5) is 0. The maximum Gasteiger partial charge on any atom is 0.485 e. The van der Waals surface area contributed by atoms with Gasteiger partial charge in [0, 0.05) is 18.6 Å². The molecule has 1 atom stereocenters. The van der Waals surface area contributed by atoms with Crippen LogP contribution < -0.4 is 4.57 Å². The number of aromatic nitrogens is 1. The van der Waals surface area contributed by atoms with E-state index < -0.39 is 15.6 Å². The van der Waals surface area contributed by atoms with Crippen LogP contribution in [0.5, 0.6) is 0 Å². The SMILES string of the molecule is O=S(=O)([O-])C(F)(F)F.SC1CC[n+]2ccccc21. The van der Waals surface area contributed by atoms with Gasteiger partial charge in [-0.25, -0.2) is 13.0 Å². The number of thiol groups is 1. The molecular formula is C9H10F3NO3S2. The molecule has 9 heteroatoms. The van der Waals surface area contributed by atoms with Gasteiger partial charge in [0.2, 0.25) is 0 Å². The summed E-state index contributed by atoms with van der Waals surface area (Å²) in [5, 5.41) is 0.459. The average Bonchev–Trinajstić information content (AvgIpc) is 2.59. The molecule has 2 heterocycles. The van der Waals surface area contributed by atoms with Crippen molar-refractivity contribution in [3.05, 3.63) is 30.1 Å². The average molecular weight is 301 g/mol. The molecule has 0 radical (unpaired) electrons. The van der Waals surface area contributed by atoms with Crippen LogP contribution in [0.25, 0.3) is 0 Å². The summed E-state index contributed by atoms with van der Waals surface area (Å²) in [6, 6.07) is 6.28. The molecule has 0 spiro atoms. The zero-order valence-electron chi connectivity index (χ0n) is 8.96. The number of pyridine rings is 1. The zero-order chi connectivity index (χ0) is 14.0. The standard InChI is InChI=1S/C8H9NS.CHF3O3S/c10-8-4-6-9-5-2-1-3-7(8)9;2-1(3,4)8(5,6)7/h1-3,5,8H,4,6H2;(H,5,6,7). The monoisotopic (exact) mass is 301 g/mol. The van der Waals surface area contributed by atoms with Crippen molar-refractivity contribution in [3.63, 3.8) is 0 Å². The van der Waals surface area contributed by atoms with Gasteiger partial charge in [-0.1, -0.05) is 6.07 Å². The third-order valence-corrected chi connectivity index (χ3v) is 3.33. The molecule has 0 saturated heterocycles. The number of halogens is 3. The molecule has 0 aliphatic carbocycles. The molecule has 102 valence electrons. The molecule has 0 bridgehead atoms. The van der Waals surface area contributed by atoms with Gasteiger partial charge >= 0.3 is 5.51 Å². The van der Waals surface area contributed by atoms with Crippen LogP contribution in [0, 0.1) is 0 Å². The lowest BCUT2D eigenvalue weighted by molar-refractivity contribution is -0.690. The number of nitrogens with zero attached hydrogens (tertiary/aromatic N) is 1. The van der Waals surface area contributed by atoms with Crippen molar-refractivity contribution >= 4 is 22.7 Å². The van der Waals surface area contributed by atoms with Crippen LogP contribution in [0.1, 0.15) is 17.4 Å². The van der Waals surface area contributed by atoms with Gasteiger partial charge in [0.1, 0.15) is 6.54 Å². The Hall–Kier alpha value is -0.800. The predicted molar refractivity (Wildman–Crippen MR) is 58.7 cm³/mol. The molecule has 0 amide bonds. The molecule has 4 nitrogen and oxygen atoms in total. The molecule has 1 unspecified atom stereocenters. The van der Waals surface area contributed by atoms with E-state index in [1.165, 1.54) is 12.1 Å². The van der Waals surface area contributed by atoms with Crippen molar-refractivity contribution in [1.82, 2.24) is 0 Å². The maximum absolute atomic E-state index is 10.7. The van der Waals surface area contributed by atoms with Crippen LogP contribution in [0.4, 0.5) is 13.2 Å². The predicted octanol–water partition coefficient (Wildman–Crippen LogP) is 1.40. The number of fused-ring (bicyclic) bond motifs is 1. The number of hydrogen-bond donors (Lipinski definition) is 1. The Morgan fingerprint density at radius 3 is 2.39 bits per heavy atom. The van der Waals surface area contributed by atoms with Crippen molar-refractivity contribution in [2.75, 3.05) is 0 Å². The highest BCUT2D eigenvalue weighted by Crippen LogP contribution is 2.24. The van der Waals surface area contributed by atoms with E-state index >= 15 is 0 Å². The van der Waals surface area contributed by atoms with Gasteiger partial charge in [-0.2, -0.15) is 25.8 Å². The lowest BCUT2D eigenvalue weighted by Crippen LogP contribution is -2.31. The summed E-state index contributed by atoms with van der Waals surface area (Å²) >= 11 is 4.45. The third-order valence-electron chi connectivity index (χ3n) is 2.24. The summed E-state index contributed by atoms with van der Waals surface area (Å²) in [6.45, 7) is 1.13. The van der Waals surface area contributed by atoms with E-state index in [4.69, 9.17) is 13.0 Å². The fourth-order valence-electron chi connectivity index (χ4n) is 1.40. The van der Waals surface area contributed by atoms with Gasteiger partial charge < -0.3 is 4.55 Å². The first-order valence-corrected chi connectivity index (χ1v) is 6.74. The first-order valence-electron chi connectivity index (χ1n) is 4.81. The fourth-order valence-corrected chi connectivity index (χ4v) is 1.75. The molecular weight excluding hydrogens is 291 g/mol. The smallest absolute Gasteiger partial charge is 0.485 e. The van der Waals surface area contributed by atoms with E-state index in [0.29, 0.717) is 5.25 Å². The topological polar surface area (TPSA) is 61.1 Å². The van der Waals surface area contributed by atoms with Gasteiger partial charge in [0.25, 0.3) is 0 Å². The van der Waals surface area contributed by atoms with Crippen LogP contribution >= 0.6 is 12.6 Å². The van der Waals surface area contributed by atoms with Crippen LogP contribution in [-0.4, -0.2) is 18.5 Å². The fraction of sp³-hybridized carbons (Fsp3) is 0.444. The minimum Gasteiger partial charge on any atom is -0.741 e. The van der Waals surface area contributed by atoms with Gasteiger partial charge in [-0.05, 0) is 0 Å². The Labute approximate surface area is 108 Å². The molecule has 1 aliphatic heterocycles. The number of rotatable bonds is 0. The van der Waals surface area contributed by atoms with E-state index in [1.807, 2.05) is 0 Å². The van der Waals surface area contributed by atoms with Gasteiger partial charge in [-0.3, -0.25) is 0 Å². The molecule has 18 heavy (non-hydrogen) atoms. The van der Waals surface area contributed by atoms with Crippen molar-refractivity contribution < 1.29 is 30.7 Å². The highest BCUT2D eigenvalue weighted by molar-refractivity contribution is 7.86. The summed E-state index contributed by atoms with van der Waals surface area (Å²) in [5.74, 6) is 0. The Balaban J connectivity index is 0.000000187. The lowest BCUT2D eigenvalue weighted by atomic mass is 10.3. The minimum atomic E-state index is -6.09. The van der Waals surface area contributed by atoms with Gasteiger partial charge in [0.15, 0.2) is 22.0 Å². The van der Waals surface area contributed by atoms with Gasteiger partial charge in [-0.15, -0.1) is 0 Å². The van der Waals surface area contributed by atoms with Crippen molar-refractivity contribution in [2.45, 2.75) is 23.7 Å². The summed E-state index contributed by atoms with van der Waals surface area (Å²) < 4.78 is 61.2. The molecule has 0 aromatic carbocycles. The molecule has 1 aromatic heterocycles.